The summed E-state index contributed by atoms with van der Waals surface area (Å²) in [5.41, 5.74) is 3.89. The van der Waals surface area contributed by atoms with Crippen LogP contribution in [0.1, 0.15) is 23.6 Å². The van der Waals surface area contributed by atoms with Crippen molar-refractivity contribution in [1.29, 1.82) is 0 Å². The molecule has 0 aliphatic heterocycles. The number of hydrogen-bond acceptors (Lipinski definition) is 4. The zero-order valence-electron chi connectivity index (χ0n) is 16.2. The van der Waals surface area contributed by atoms with E-state index in [9.17, 15) is 4.79 Å². The SMILES string of the molecule is CCc1ccc2c(CC(=O)N(C)Cc3ccc(OC)cc3OC)coc2c1. The number of likely N-dealkylation sites (N-methyl/N-ethyl adjacent to an activating group) is 1. The largest absolute Gasteiger partial charge is 0.497 e. The molecule has 3 aromatic rings. The number of benzene rings is 2. The summed E-state index contributed by atoms with van der Waals surface area (Å²) in [6.07, 6.45) is 2.94. The Morgan fingerprint density at radius 3 is 2.59 bits per heavy atom. The first-order valence-electron chi connectivity index (χ1n) is 8.99. The molecule has 0 aliphatic rings. The maximum Gasteiger partial charge on any atom is 0.227 e. The van der Waals surface area contributed by atoms with Crippen molar-refractivity contribution in [1.82, 2.24) is 4.90 Å². The van der Waals surface area contributed by atoms with Crippen LogP contribution in [0.2, 0.25) is 0 Å². The smallest absolute Gasteiger partial charge is 0.227 e. The molecule has 0 saturated heterocycles. The van der Waals surface area contributed by atoms with Gasteiger partial charge in [0.1, 0.15) is 17.1 Å². The van der Waals surface area contributed by atoms with Crippen molar-refractivity contribution in [3.8, 4) is 11.5 Å². The van der Waals surface area contributed by atoms with Crippen LogP contribution in [0.4, 0.5) is 0 Å². The van der Waals surface area contributed by atoms with Gasteiger partial charge in [-0.05, 0) is 30.2 Å². The molecule has 0 saturated carbocycles. The van der Waals surface area contributed by atoms with Crippen LogP contribution in [0, 0.1) is 0 Å². The minimum absolute atomic E-state index is 0.0233. The maximum absolute atomic E-state index is 12.7. The van der Waals surface area contributed by atoms with Crippen LogP contribution < -0.4 is 9.47 Å². The third-order valence-electron chi connectivity index (χ3n) is 4.80. The van der Waals surface area contributed by atoms with E-state index in [1.807, 2.05) is 30.3 Å². The third kappa shape index (κ3) is 4.08. The highest BCUT2D eigenvalue weighted by atomic mass is 16.5. The predicted molar refractivity (Wildman–Crippen MR) is 105 cm³/mol. The zero-order valence-corrected chi connectivity index (χ0v) is 16.2. The Balaban J connectivity index is 1.73. The van der Waals surface area contributed by atoms with Gasteiger partial charge in [-0.15, -0.1) is 0 Å². The Labute approximate surface area is 159 Å². The monoisotopic (exact) mass is 367 g/mol. The van der Waals surface area contributed by atoms with E-state index in [0.717, 1.165) is 34.3 Å². The van der Waals surface area contributed by atoms with E-state index < -0.39 is 0 Å². The molecule has 1 heterocycles. The molecular formula is C22H25NO4. The number of fused-ring (bicyclic) bond motifs is 1. The fourth-order valence-electron chi connectivity index (χ4n) is 3.11. The molecule has 142 valence electrons. The third-order valence-corrected chi connectivity index (χ3v) is 4.80. The van der Waals surface area contributed by atoms with Gasteiger partial charge in [0.2, 0.25) is 5.91 Å². The zero-order chi connectivity index (χ0) is 19.4. The standard InChI is InChI=1S/C22H25NO4/c1-5-15-6-9-19-17(14-27-21(19)10-15)11-22(24)23(2)13-16-7-8-18(25-3)12-20(16)26-4/h6-10,12,14H,5,11,13H2,1-4H3. The van der Waals surface area contributed by atoms with E-state index in [2.05, 4.69) is 13.0 Å². The Hall–Kier alpha value is -2.95. The molecule has 0 atom stereocenters. The summed E-state index contributed by atoms with van der Waals surface area (Å²) in [5, 5.41) is 0.996. The number of hydrogen-bond donors (Lipinski definition) is 0. The lowest BCUT2D eigenvalue weighted by atomic mass is 10.1. The molecule has 2 aromatic carbocycles. The number of amides is 1. The highest BCUT2D eigenvalue weighted by Crippen LogP contribution is 2.27. The lowest BCUT2D eigenvalue weighted by Crippen LogP contribution is -2.27. The fourth-order valence-corrected chi connectivity index (χ4v) is 3.11. The van der Waals surface area contributed by atoms with E-state index in [-0.39, 0.29) is 5.91 Å². The first-order valence-corrected chi connectivity index (χ1v) is 8.99. The number of aryl methyl sites for hydroxylation is 1. The van der Waals surface area contributed by atoms with E-state index in [1.54, 1.807) is 32.4 Å². The highest BCUT2D eigenvalue weighted by Gasteiger charge is 2.16. The molecule has 0 bridgehead atoms. The fraction of sp³-hybridized carbons (Fsp3) is 0.318. The van der Waals surface area contributed by atoms with Crippen LogP contribution in [0.15, 0.2) is 47.1 Å². The van der Waals surface area contributed by atoms with Crippen molar-refractivity contribution in [3.63, 3.8) is 0 Å². The molecule has 0 unspecified atom stereocenters. The van der Waals surface area contributed by atoms with Crippen LogP contribution in [-0.2, 0) is 24.2 Å². The van der Waals surface area contributed by atoms with Crippen LogP contribution in [0.5, 0.6) is 11.5 Å². The molecule has 0 spiro atoms. The van der Waals surface area contributed by atoms with Gasteiger partial charge in [0, 0.05) is 36.2 Å². The molecule has 1 aromatic heterocycles. The normalized spacial score (nSPS) is 10.8. The number of carbonyl (C=O) groups excluding carboxylic acids is 1. The molecule has 27 heavy (non-hydrogen) atoms. The lowest BCUT2D eigenvalue weighted by Gasteiger charge is -2.19. The van der Waals surface area contributed by atoms with Gasteiger partial charge in [-0.3, -0.25) is 4.79 Å². The van der Waals surface area contributed by atoms with Crippen molar-refractivity contribution in [3.05, 3.63) is 59.4 Å². The van der Waals surface area contributed by atoms with Crippen molar-refractivity contribution in [2.75, 3.05) is 21.3 Å². The van der Waals surface area contributed by atoms with Gasteiger partial charge < -0.3 is 18.8 Å². The highest BCUT2D eigenvalue weighted by molar-refractivity contribution is 5.88. The minimum Gasteiger partial charge on any atom is -0.497 e. The summed E-state index contributed by atoms with van der Waals surface area (Å²) in [4.78, 5) is 14.4. The van der Waals surface area contributed by atoms with Crippen molar-refractivity contribution >= 4 is 16.9 Å². The van der Waals surface area contributed by atoms with Gasteiger partial charge in [0.25, 0.3) is 0 Å². The number of nitrogens with zero attached hydrogens (tertiary/aromatic N) is 1. The van der Waals surface area contributed by atoms with Gasteiger partial charge in [0.05, 0.1) is 26.9 Å². The van der Waals surface area contributed by atoms with Gasteiger partial charge in [-0.2, -0.15) is 0 Å². The predicted octanol–water partition coefficient (Wildman–Crippen LogP) is 4.21. The minimum atomic E-state index is 0.0233. The number of carbonyl (C=O) groups is 1. The lowest BCUT2D eigenvalue weighted by molar-refractivity contribution is -0.129. The first-order chi connectivity index (χ1) is 13.0. The molecule has 0 N–H and O–H groups in total. The van der Waals surface area contributed by atoms with Crippen molar-refractivity contribution in [2.45, 2.75) is 26.3 Å². The molecule has 0 fully saturated rings. The molecular weight excluding hydrogens is 342 g/mol. The van der Waals surface area contributed by atoms with Crippen LogP contribution in [0.3, 0.4) is 0 Å². The topological polar surface area (TPSA) is 51.9 Å². The summed E-state index contributed by atoms with van der Waals surface area (Å²) < 4.78 is 16.3. The molecule has 3 rings (SSSR count). The molecule has 0 radical (unpaired) electrons. The van der Waals surface area contributed by atoms with Gasteiger partial charge in [-0.1, -0.05) is 19.1 Å². The second-order valence-corrected chi connectivity index (χ2v) is 6.55. The second-order valence-electron chi connectivity index (χ2n) is 6.55. The Morgan fingerprint density at radius 1 is 1.07 bits per heavy atom. The van der Waals surface area contributed by atoms with Crippen LogP contribution in [0.25, 0.3) is 11.0 Å². The van der Waals surface area contributed by atoms with Gasteiger partial charge >= 0.3 is 0 Å². The molecule has 1 amide bonds. The van der Waals surface area contributed by atoms with Gasteiger partial charge in [0.15, 0.2) is 0 Å². The summed E-state index contributed by atoms with van der Waals surface area (Å²) in [5.74, 6) is 1.45. The quantitative estimate of drug-likeness (QED) is 0.628. The number of furan rings is 1. The summed E-state index contributed by atoms with van der Waals surface area (Å²) in [6.45, 7) is 2.57. The van der Waals surface area contributed by atoms with Crippen LogP contribution >= 0.6 is 0 Å². The maximum atomic E-state index is 12.7. The van der Waals surface area contributed by atoms with E-state index >= 15 is 0 Å². The Morgan fingerprint density at radius 2 is 1.89 bits per heavy atom. The number of rotatable bonds is 7. The average molecular weight is 367 g/mol. The van der Waals surface area contributed by atoms with E-state index in [4.69, 9.17) is 13.9 Å². The summed E-state index contributed by atoms with van der Waals surface area (Å²) >= 11 is 0. The molecule has 0 aliphatic carbocycles. The van der Waals surface area contributed by atoms with Gasteiger partial charge in [-0.25, -0.2) is 0 Å². The molecule has 5 heteroatoms. The number of ether oxygens (including phenoxy) is 2. The average Bonchev–Trinajstić information content (AvgIpc) is 3.09. The Bertz CT molecular complexity index is 945. The summed E-state index contributed by atoms with van der Waals surface area (Å²) in [6, 6.07) is 11.8. The number of methoxy groups -OCH3 is 2. The first kappa shape index (κ1) is 18.8. The van der Waals surface area contributed by atoms with E-state index in [1.165, 1.54) is 5.56 Å². The van der Waals surface area contributed by atoms with E-state index in [0.29, 0.717) is 18.7 Å². The molecule has 5 nitrogen and oxygen atoms in total. The van der Waals surface area contributed by atoms with Crippen molar-refractivity contribution < 1.29 is 18.7 Å². The Kier molecular flexibility index (Phi) is 5.69. The van der Waals surface area contributed by atoms with Crippen LogP contribution in [-0.4, -0.2) is 32.1 Å². The second kappa shape index (κ2) is 8.16. The van der Waals surface area contributed by atoms with Crippen molar-refractivity contribution in [2.24, 2.45) is 0 Å². The summed E-state index contributed by atoms with van der Waals surface area (Å²) in [7, 11) is 5.02.